The quantitative estimate of drug-likeness (QED) is 0.800. The third kappa shape index (κ3) is 2.11. The molecule has 0 bridgehead atoms. The first-order valence-electron chi connectivity index (χ1n) is 6.72. The number of carboxylic acid groups (broad SMARTS) is 1. The Balaban J connectivity index is 2.17. The second-order valence-electron chi connectivity index (χ2n) is 5.18. The van der Waals surface area contributed by atoms with Crippen LogP contribution in [0.4, 0.5) is 0 Å². The van der Waals surface area contributed by atoms with Crippen molar-refractivity contribution in [1.82, 2.24) is 19.6 Å². The van der Waals surface area contributed by atoms with Crippen molar-refractivity contribution in [1.29, 1.82) is 5.26 Å². The maximum Gasteiger partial charge on any atom is 0.358 e. The lowest BCUT2D eigenvalue weighted by molar-refractivity contribution is 0.0690. The molecule has 7 heteroatoms. The van der Waals surface area contributed by atoms with Crippen LogP contribution in [-0.2, 0) is 0 Å². The number of hydrogen-bond donors (Lipinski definition) is 1. The third-order valence-electron chi connectivity index (χ3n) is 3.44. The van der Waals surface area contributed by atoms with Crippen molar-refractivity contribution in [3.05, 3.63) is 41.9 Å². The molecular formula is C15H13N5O2. The molecule has 0 aliphatic rings. The summed E-state index contributed by atoms with van der Waals surface area (Å²) in [6.07, 6.45) is 3.01. The fourth-order valence-corrected chi connectivity index (χ4v) is 2.37. The van der Waals surface area contributed by atoms with Crippen LogP contribution in [0, 0.1) is 11.3 Å². The van der Waals surface area contributed by atoms with Crippen LogP contribution in [0.1, 0.15) is 35.9 Å². The van der Waals surface area contributed by atoms with E-state index < -0.39 is 5.97 Å². The van der Waals surface area contributed by atoms with E-state index in [2.05, 4.69) is 16.3 Å². The van der Waals surface area contributed by atoms with Gasteiger partial charge in [-0.25, -0.2) is 4.79 Å². The lowest BCUT2D eigenvalue weighted by Gasteiger charge is -2.09. The van der Waals surface area contributed by atoms with Crippen LogP contribution in [-0.4, -0.2) is 30.6 Å². The molecule has 110 valence electrons. The van der Waals surface area contributed by atoms with Crippen LogP contribution < -0.4 is 0 Å². The third-order valence-corrected chi connectivity index (χ3v) is 3.44. The van der Waals surface area contributed by atoms with Crippen molar-refractivity contribution in [3.8, 4) is 11.8 Å². The van der Waals surface area contributed by atoms with Crippen LogP contribution in [0.25, 0.3) is 16.6 Å². The van der Waals surface area contributed by atoms with Gasteiger partial charge in [-0.3, -0.25) is 0 Å². The average Bonchev–Trinajstić information content (AvgIpc) is 3.11. The largest absolute Gasteiger partial charge is 0.476 e. The SMILES string of the molecule is CC(C)n1cc(C#N)c2cc(-n3ncc(C(=O)O)n3)ccc21. The molecule has 0 spiro atoms. The highest BCUT2D eigenvalue weighted by Crippen LogP contribution is 2.26. The van der Waals surface area contributed by atoms with Crippen molar-refractivity contribution in [2.24, 2.45) is 0 Å². The Kier molecular flexibility index (Phi) is 3.14. The Hall–Kier alpha value is -3.14. The summed E-state index contributed by atoms with van der Waals surface area (Å²) in [6, 6.07) is 7.89. The highest BCUT2D eigenvalue weighted by atomic mass is 16.4. The van der Waals surface area contributed by atoms with Gasteiger partial charge in [-0.2, -0.15) is 15.2 Å². The standard InChI is InChI=1S/C15H13N5O2/c1-9(2)19-8-10(6-16)12-5-11(3-4-14(12)19)20-17-7-13(18-20)15(21)22/h3-5,7-9H,1-2H3,(H,21,22). The Morgan fingerprint density at radius 1 is 1.41 bits per heavy atom. The van der Waals surface area contributed by atoms with Gasteiger partial charge >= 0.3 is 5.97 Å². The molecular weight excluding hydrogens is 282 g/mol. The minimum Gasteiger partial charge on any atom is -0.476 e. The zero-order valence-corrected chi connectivity index (χ0v) is 12.1. The van der Waals surface area contributed by atoms with Gasteiger partial charge in [0.1, 0.15) is 6.07 Å². The van der Waals surface area contributed by atoms with Crippen molar-refractivity contribution in [2.75, 3.05) is 0 Å². The highest BCUT2D eigenvalue weighted by Gasteiger charge is 2.13. The molecule has 2 aromatic heterocycles. The van der Waals surface area contributed by atoms with Crippen molar-refractivity contribution < 1.29 is 9.90 Å². The fourth-order valence-electron chi connectivity index (χ4n) is 2.37. The summed E-state index contributed by atoms with van der Waals surface area (Å²) in [5, 5.41) is 26.8. The maximum atomic E-state index is 10.9. The Morgan fingerprint density at radius 2 is 2.18 bits per heavy atom. The first-order chi connectivity index (χ1) is 10.5. The smallest absolute Gasteiger partial charge is 0.358 e. The lowest BCUT2D eigenvalue weighted by Crippen LogP contribution is -2.02. The molecule has 3 aromatic rings. The number of aromatic carboxylic acids is 1. The van der Waals surface area contributed by atoms with Crippen LogP contribution in [0.15, 0.2) is 30.6 Å². The average molecular weight is 295 g/mol. The van der Waals surface area contributed by atoms with Gasteiger partial charge in [-0.05, 0) is 32.0 Å². The molecule has 0 aliphatic carbocycles. The van der Waals surface area contributed by atoms with E-state index in [0.29, 0.717) is 11.3 Å². The highest BCUT2D eigenvalue weighted by molar-refractivity contribution is 5.88. The van der Waals surface area contributed by atoms with Crippen LogP contribution in [0.5, 0.6) is 0 Å². The molecule has 0 fully saturated rings. The minimum absolute atomic E-state index is 0.125. The lowest BCUT2D eigenvalue weighted by atomic mass is 10.1. The van der Waals surface area contributed by atoms with Gasteiger partial charge in [0, 0.05) is 23.1 Å². The monoisotopic (exact) mass is 295 g/mol. The van der Waals surface area contributed by atoms with Crippen molar-refractivity contribution >= 4 is 16.9 Å². The zero-order valence-electron chi connectivity index (χ0n) is 12.1. The minimum atomic E-state index is -1.13. The molecule has 3 rings (SSSR count). The molecule has 22 heavy (non-hydrogen) atoms. The van der Waals surface area contributed by atoms with E-state index in [9.17, 15) is 10.1 Å². The van der Waals surface area contributed by atoms with Crippen LogP contribution in [0.2, 0.25) is 0 Å². The van der Waals surface area contributed by atoms with Crippen LogP contribution in [0.3, 0.4) is 0 Å². The summed E-state index contributed by atoms with van der Waals surface area (Å²) in [5.74, 6) is -1.13. The van der Waals surface area contributed by atoms with E-state index in [0.717, 1.165) is 10.9 Å². The number of nitrogens with zero attached hydrogens (tertiary/aromatic N) is 5. The molecule has 1 N–H and O–H groups in total. The summed E-state index contributed by atoms with van der Waals surface area (Å²) in [6.45, 7) is 4.09. The van der Waals surface area contributed by atoms with E-state index in [4.69, 9.17) is 5.11 Å². The molecule has 0 aliphatic heterocycles. The number of hydrogen-bond acceptors (Lipinski definition) is 4. The second kappa shape index (κ2) is 5.00. The predicted octanol–water partition coefficient (Wildman–Crippen LogP) is 2.37. The molecule has 0 saturated heterocycles. The number of aromatic nitrogens is 4. The van der Waals surface area contributed by atoms with Gasteiger partial charge in [0.15, 0.2) is 5.69 Å². The number of nitriles is 1. The van der Waals surface area contributed by atoms with Gasteiger partial charge in [0.25, 0.3) is 0 Å². The molecule has 0 amide bonds. The summed E-state index contributed by atoms with van der Waals surface area (Å²) in [4.78, 5) is 12.1. The molecule has 2 heterocycles. The number of benzene rings is 1. The van der Waals surface area contributed by atoms with Crippen LogP contribution >= 0.6 is 0 Å². The zero-order chi connectivity index (χ0) is 15.9. The number of fused-ring (bicyclic) bond motifs is 1. The van der Waals surface area contributed by atoms with E-state index >= 15 is 0 Å². The second-order valence-corrected chi connectivity index (χ2v) is 5.18. The number of carboxylic acids is 1. The van der Waals surface area contributed by atoms with Crippen molar-refractivity contribution in [2.45, 2.75) is 19.9 Å². The Labute approximate surface area is 126 Å². The fraction of sp³-hybridized carbons (Fsp3) is 0.200. The molecule has 0 radical (unpaired) electrons. The summed E-state index contributed by atoms with van der Waals surface area (Å²) in [7, 11) is 0. The first kappa shape index (κ1) is 13.8. The van der Waals surface area contributed by atoms with E-state index in [-0.39, 0.29) is 11.7 Å². The predicted molar refractivity (Wildman–Crippen MR) is 78.9 cm³/mol. The van der Waals surface area contributed by atoms with Gasteiger partial charge in [0.05, 0.1) is 17.4 Å². The first-order valence-corrected chi connectivity index (χ1v) is 6.72. The topological polar surface area (TPSA) is 96.7 Å². The Bertz CT molecular complexity index is 914. The number of rotatable bonds is 3. The van der Waals surface area contributed by atoms with E-state index in [1.165, 1.54) is 11.0 Å². The van der Waals surface area contributed by atoms with E-state index in [1.807, 2.05) is 30.7 Å². The summed E-state index contributed by atoms with van der Waals surface area (Å²) in [5.41, 5.74) is 2.00. The molecule has 1 aromatic carbocycles. The van der Waals surface area contributed by atoms with Gasteiger partial charge in [-0.1, -0.05) is 0 Å². The molecule has 0 unspecified atom stereocenters. The summed E-state index contributed by atoms with van der Waals surface area (Å²) >= 11 is 0. The van der Waals surface area contributed by atoms with Gasteiger partial charge in [-0.15, -0.1) is 5.10 Å². The van der Waals surface area contributed by atoms with Gasteiger partial charge in [0.2, 0.25) is 0 Å². The number of carbonyl (C=O) groups is 1. The normalized spacial score (nSPS) is 11.0. The molecule has 7 nitrogen and oxygen atoms in total. The summed E-state index contributed by atoms with van der Waals surface area (Å²) < 4.78 is 2.02. The molecule has 0 atom stereocenters. The van der Waals surface area contributed by atoms with Crippen molar-refractivity contribution in [3.63, 3.8) is 0 Å². The van der Waals surface area contributed by atoms with Gasteiger partial charge < -0.3 is 9.67 Å². The molecule has 0 saturated carbocycles. The van der Waals surface area contributed by atoms with E-state index in [1.54, 1.807) is 12.1 Å². The maximum absolute atomic E-state index is 10.9. The Morgan fingerprint density at radius 3 is 2.77 bits per heavy atom.